The molecule has 2 rings (SSSR count). The van der Waals surface area contributed by atoms with Crippen LogP contribution in [0, 0.1) is 17.6 Å². The van der Waals surface area contributed by atoms with Crippen molar-refractivity contribution in [2.24, 2.45) is 5.92 Å². The van der Waals surface area contributed by atoms with E-state index in [2.05, 4.69) is 5.32 Å². The minimum Gasteiger partial charge on any atom is -0.464 e. The molecule has 1 aromatic carbocycles. The molecule has 0 aliphatic carbocycles. The monoisotopic (exact) mass is 312 g/mol. The number of ether oxygens (including phenoxy) is 1. The van der Waals surface area contributed by atoms with Crippen molar-refractivity contribution in [1.29, 1.82) is 0 Å². The van der Waals surface area contributed by atoms with Gasteiger partial charge >= 0.3 is 5.97 Å². The Bertz CT molecular complexity index is 605. The molecular formula is C15H18F2N2O3. The normalized spacial score (nSPS) is 15.4. The topological polar surface area (TPSA) is 58.6 Å². The van der Waals surface area contributed by atoms with E-state index in [1.807, 2.05) is 13.8 Å². The minimum atomic E-state index is -1.08. The van der Waals surface area contributed by atoms with Crippen molar-refractivity contribution in [1.82, 2.24) is 0 Å². The molecule has 1 aromatic rings. The highest BCUT2D eigenvalue weighted by Crippen LogP contribution is 2.33. The molecule has 0 aromatic heterocycles. The second kappa shape index (κ2) is 6.29. The summed E-state index contributed by atoms with van der Waals surface area (Å²) in [6, 6.07) is 0.953. The van der Waals surface area contributed by atoms with Crippen LogP contribution in [-0.4, -0.2) is 31.1 Å². The van der Waals surface area contributed by atoms with Crippen LogP contribution < -0.4 is 10.2 Å². The molecule has 7 heteroatoms. The first-order valence-electron chi connectivity index (χ1n) is 7.03. The Morgan fingerprint density at radius 1 is 1.32 bits per heavy atom. The van der Waals surface area contributed by atoms with Gasteiger partial charge in [-0.2, -0.15) is 0 Å². The van der Waals surface area contributed by atoms with E-state index in [1.54, 1.807) is 0 Å². The maximum atomic E-state index is 13.5. The Hall–Kier alpha value is -2.18. The molecule has 1 heterocycles. The summed E-state index contributed by atoms with van der Waals surface area (Å²) >= 11 is 0. The van der Waals surface area contributed by atoms with Crippen molar-refractivity contribution in [2.75, 3.05) is 23.4 Å². The van der Waals surface area contributed by atoms with E-state index in [0.29, 0.717) is 0 Å². The van der Waals surface area contributed by atoms with E-state index in [9.17, 15) is 18.4 Å². The molecule has 1 aliphatic heterocycles. The third-order valence-electron chi connectivity index (χ3n) is 3.28. The van der Waals surface area contributed by atoms with Crippen LogP contribution in [0.25, 0.3) is 0 Å². The lowest BCUT2D eigenvalue weighted by Crippen LogP contribution is -2.49. The zero-order valence-electron chi connectivity index (χ0n) is 12.7. The van der Waals surface area contributed by atoms with Gasteiger partial charge < -0.3 is 10.1 Å². The van der Waals surface area contributed by atoms with Crippen molar-refractivity contribution in [3.05, 3.63) is 23.8 Å². The number of nitrogens with one attached hydrogen (secondary N) is 1. The number of rotatable bonds is 4. The van der Waals surface area contributed by atoms with Crippen molar-refractivity contribution in [3.63, 3.8) is 0 Å². The van der Waals surface area contributed by atoms with Gasteiger partial charge in [-0.3, -0.25) is 9.69 Å². The van der Waals surface area contributed by atoms with Crippen LogP contribution in [0.2, 0.25) is 0 Å². The molecule has 0 saturated carbocycles. The Balaban J connectivity index is 2.29. The molecule has 0 radical (unpaired) electrons. The molecule has 0 saturated heterocycles. The van der Waals surface area contributed by atoms with E-state index < -0.39 is 29.6 Å². The molecule has 1 aliphatic rings. The van der Waals surface area contributed by atoms with Gasteiger partial charge in [-0.25, -0.2) is 13.6 Å². The van der Waals surface area contributed by atoms with Gasteiger partial charge in [-0.15, -0.1) is 0 Å². The third kappa shape index (κ3) is 3.18. The summed E-state index contributed by atoms with van der Waals surface area (Å²) in [5.41, 5.74) is 0.395. The number of esters is 1. The first-order valence-corrected chi connectivity index (χ1v) is 7.03. The third-order valence-corrected chi connectivity index (χ3v) is 3.28. The quantitative estimate of drug-likeness (QED) is 0.867. The number of carbonyl (C=O) groups excluding carboxylic acids is 2. The van der Waals surface area contributed by atoms with Crippen LogP contribution in [0.3, 0.4) is 0 Å². The highest BCUT2D eigenvalue weighted by molar-refractivity contribution is 6.06. The smallest absolute Gasteiger partial charge is 0.328 e. The van der Waals surface area contributed by atoms with Crippen molar-refractivity contribution in [2.45, 2.75) is 26.8 Å². The Morgan fingerprint density at radius 2 is 1.95 bits per heavy atom. The molecule has 120 valence electrons. The first kappa shape index (κ1) is 16.2. The van der Waals surface area contributed by atoms with E-state index in [0.717, 1.165) is 17.0 Å². The fraction of sp³-hybridized carbons (Fsp3) is 0.467. The van der Waals surface area contributed by atoms with Crippen LogP contribution in [0.5, 0.6) is 0 Å². The standard InChI is InChI=1S/C15H18F2N2O3/c1-8(2)7-22-15(21)9(3)19-13-5-11(17)10(16)4-12(13)18-6-14(19)20/h4-5,8-9,18H,6-7H2,1-3H3. The summed E-state index contributed by atoms with van der Waals surface area (Å²) in [6.07, 6.45) is 0. The molecule has 5 nitrogen and oxygen atoms in total. The number of amides is 1. The second-order valence-corrected chi connectivity index (χ2v) is 5.60. The lowest BCUT2D eigenvalue weighted by Gasteiger charge is -2.33. The SMILES string of the molecule is CC(C)COC(=O)C(C)N1C(=O)CNc2cc(F)c(F)cc21. The average Bonchev–Trinajstić information content (AvgIpc) is 2.46. The van der Waals surface area contributed by atoms with Gasteiger partial charge in [0, 0.05) is 12.1 Å². The van der Waals surface area contributed by atoms with Gasteiger partial charge in [-0.05, 0) is 12.8 Å². The number of fused-ring (bicyclic) bond motifs is 1. The molecule has 22 heavy (non-hydrogen) atoms. The van der Waals surface area contributed by atoms with Crippen molar-refractivity contribution >= 4 is 23.3 Å². The fourth-order valence-corrected chi connectivity index (χ4v) is 2.17. The Labute approximate surface area is 127 Å². The van der Waals surface area contributed by atoms with Crippen LogP contribution >= 0.6 is 0 Å². The van der Waals surface area contributed by atoms with Gasteiger partial charge in [0.25, 0.3) is 0 Å². The predicted molar refractivity (Wildman–Crippen MR) is 77.6 cm³/mol. The van der Waals surface area contributed by atoms with Crippen LogP contribution in [0.15, 0.2) is 12.1 Å². The Morgan fingerprint density at radius 3 is 2.59 bits per heavy atom. The Kier molecular flexibility index (Phi) is 4.63. The van der Waals surface area contributed by atoms with Crippen LogP contribution in [-0.2, 0) is 14.3 Å². The number of anilines is 2. The highest BCUT2D eigenvalue weighted by Gasteiger charge is 2.33. The number of carbonyl (C=O) groups is 2. The summed E-state index contributed by atoms with van der Waals surface area (Å²) in [4.78, 5) is 25.3. The van der Waals surface area contributed by atoms with Gasteiger partial charge in [0.2, 0.25) is 5.91 Å². The van der Waals surface area contributed by atoms with E-state index in [-0.39, 0.29) is 30.4 Å². The lowest BCUT2D eigenvalue weighted by atomic mass is 10.1. The van der Waals surface area contributed by atoms with E-state index in [4.69, 9.17) is 4.74 Å². The molecule has 1 amide bonds. The van der Waals surface area contributed by atoms with Crippen molar-refractivity contribution < 1.29 is 23.1 Å². The molecule has 0 spiro atoms. The molecule has 0 fully saturated rings. The van der Waals surface area contributed by atoms with Gasteiger partial charge in [0.15, 0.2) is 11.6 Å². The molecule has 1 atom stereocenters. The second-order valence-electron chi connectivity index (χ2n) is 5.60. The zero-order chi connectivity index (χ0) is 16.4. The highest BCUT2D eigenvalue weighted by atomic mass is 19.2. The van der Waals surface area contributed by atoms with Crippen LogP contribution in [0.4, 0.5) is 20.2 Å². The van der Waals surface area contributed by atoms with Crippen molar-refractivity contribution in [3.8, 4) is 0 Å². The molecule has 0 bridgehead atoms. The number of hydrogen-bond acceptors (Lipinski definition) is 4. The van der Waals surface area contributed by atoms with E-state index >= 15 is 0 Å². The van der Waals surface area contributed by atoms with Gasteiger partial charge in [0.05, 0.1) is 24.5 Å². The molecule has 1 unspecified atom stereocenters. The molecule has 1 N–H and O–H groups in total. The summed E-state index contributed by atoms with van der Waals surface area (Å²) < 4.78 is 31.9. The fourth-order valence-electron chi connectivity index (χ4n) is 2.17. The summed E-state index contributed by atoms with van der Waals surface area (Å²) in [7, 11) is 0. The van der Waals surface area contributed by atoms with E-state index in [1.165, 1.54) is 6.92 Å². The maximum Gasteiger partial charge on any atom is 0.328 e. The average molecular weight is 312 g/mol. The molecular weight excluding hydrogens is 294 g/mol. The predicted octanol–water partition coefficient (Wildman–Crippen LogP) is 2.31. The minimum absolute atomic E-state index is 0.0973. The van der Waals surface area contributed by atoms with Gasteiger partial charge in [-0.1, -0.05) is 13.8 Å². The number of halogens is 2. The summed E-state index contributed by atoms with van der Waals surface area (Å²) in [5, 5.41) is 2.70. The number of nitrogens with zero attached hydrogens (tertiary/aromatic N) is 1. The summed E-state index contributed by atoms with van der Waals surface area (Å²) in [6.45, 7) is 5.41. The number of benzene rings is 1. The largest absolute Gasteiger partial charge is 0.464 e. The summed E-state index contributed by atoms with van der Waals surface area (Å²) in [5.74, 6) is -2.93. The zero-order valence-corrected chi connectivity index (χ0v) is 12.7. The lowest BCUT2D eigenvalue weighted by molar-refractivity contribution is -0.146. The van der Waals surface area contributed by atoms with Crippen LogP contribution in [0.1, 0.15) is 20.8 Å². The van der Waals surface area contributed by atoms with Gasteiger partial charge in [0.1, 0.15) is 6.04 Å². The first-order chi connectivity index (χ1) is 10.3. The number of hydrogen-bond donors (Lipinski definition) is 1. The maximum absolute atomic E-state index is 13.5.